The molecule has 4 rings (SSSR count). The second kappa shape index (κ2) is 4.89. The van der Waals surface area contributed by atoms with Gasteiger partial charge in [-0.25, -0.2) is 4.98 Å². The van der Waals surface area contributed by atoms with Gasteiger partial charge in [-0.3, -0.25) is 14.2 Å². The van der Waals surface area contributed by atoms with Crippen LogP contribution < -0.4 is 10.5 Å². The smallest absolute Gasteiger partial charge is 0.262 e. The fourth-order valence-electron chi connectivity index (χ4n) is 3.58. The Morgan fingerprint density at radius 3 is 2.74 bits per heavy atom. The molecule has 2 fully saturated rings. The lowest BCUT2D eigenvalue weighted by atomic mass is 9.85. The molecule has 0 N–H and O–H groups in total. The van der Waals surface area contributed by atoms with E-state index in [2.05, 4.69) is 9.88 Å². The van der Waals surface area contributed by atoms with Crippen molar-refractivity contribution in [2.75, 3.05) is 31.2 Å². The van der Waals surface area contributed by atoms with Gasteiger partial charge in [-0.15, -0.1) is 0 Å². The number of hydrogen-bond acceptors (Lipinski definition) is 5. The number of Topliss-reactive ketones (excluding diaryl/α,β-unsaturated/α-hetero) is 1. The molecule has 0 atom stereocenters. The van der Waals surface area contributed by atoms with Crippen LogP contribution in [0.1, 0.15) is 23.7 Å². The first-order valence-corrected chi connectivity index (χ1v) is 7.84. The molecule has 2 aromatic rings. The van der Waals surface area contributed by atoms with Crippen LogP contribution >= 0.6 is 0 Å². The molecule has 1 aromatic carbocycles. The third kappa shape index (κ3) is 2.09. The minimum Gasteiger partial charge on any atom is -0.380 e. The van der Waals surface area contributed by atoms with E-state index in [4.69, 9.17) is 4.74 Å². The molecule has 3 heterocycles. The number of nitrogens with zero attached hydrogens (tertiary/aromatic N) is 3. The molecule has 0 bridgehead atoms. The van der Waals surface area contributed by atoms with Crippen LogP contribution in [0.3, 0.4) is 0 Å². The zero-order valence-electron chi connectivity index (χ0n) is 13.3. The zero-order valence-corrected chi connectivity index (χ0v) is 13.3. The van der Waals surface area contributed by atoms with Crippen LogP contribution in [0.4, 0.5) is 5.95 Å². The highest BCUT2D eigenvalue weighted by molar-refractivity contribution is 6.05. The van der Waals surface area contributed by atoms with Crippen molar-refractivity contribution in [3.63, 3.8) is 0 Å². The highest BCUT2D eigenvalue weighted by Gasteiger charge is 2.45. The molecule has 2 aliphatic heterocycles. The molecule has 1 spiro atoms. The second-order valence-electron chi connectivity index (χ2n) is 6.70. The van der Waals surface area contributed by atoms with Crippen LogP contribution in [0.5, 0.6) is 0 Å². The van der Waals surface area contributed by atoms with Crippen LogP contribution in [-0.2, 0) is 11.8 Å². The molecule has 6 nitrogen and oxygen atoms in total. The third-order valence-corrected chi connectivity index (χ3v) is 5.00. The van der Waals surface area contributed by atoms with E-state index >= 15 is 0 Å². The van der Waals surface area contributed by atoms with Gasteiger partial charge in [0.15, 0.2) is 5.78 Å². The Hall–Kier alpha value is -2.21. The maximum atomic E-state index is 12.7. The highest BCUT2D eigenvalue weighted by atomic mass is 16.5. The van der Waals surface area contributed by atoms with Crippen LogP contribution in [0, 0.1) is 5.41 Å². The molecule has 0 aliphatic carbocycles. The molecular weight excluding hydrogens is 294 g/mol. The van der Waals surface area contributed by atoms with Crippen molar-refractivity contribution in [2.45, 2.75) is 13.3 Å². The van der Waals surface area contributed by atoms with E-state index in [1.165, 1.54) is 6.92 Å². The zero-order chi connectivity index (χ0) is 16.2. The number of rotatable bonds is 2. The van der Waals surface area contributed by atoms with Crippen LogP contribution in [0.2, 0.25) is 0 Å². The Kier molecular flexibility index (Phi) is 3.06. The molecule has 23 heavy (non-hydrogen) atoms. The van der Waals surface area contributed by atoms with E-state index in [-0.39, 0.29) is 16.8 Å². The van der Waals surface area contributed by atoms with Crippen molar-refractivity contribution in [2.24, 2.45) is 12.5 Å². The number of carbonyl (C=O) groups excluding carboxylic acids is 1. The summed E-state index contributed by atoms with van der Waals surface area (Å²) < 4.78 is 6.95. The number of para-hydroxylation sites is 1. The van der Waals surface area contributed by atoms with Gasteiger partial charge in [0.2, 0.25) is 5.95 Å². The molecule has 120 valence electrons. The van der Waals surface area contributed by atoms with Crippen molar-refractivity contribution in [3.05, 3.63) is 34.1 Å². The summed E-state index contributed by atoms with van der Waals surface area (Å²) in [6.07, 6.45) is 1.05. The van der Waals surface area contributed by atoms with Gasteiger partial charge in [0.05, 0.1) is 24.1 Å². The number of carbonyl (C=O) groups is 1. The average Bonchev–Trinajstić information content (AvgIpc) is 2.95. The first-order chi connectivity index (χ1) is 11.0. The Morgan fingerprint density at radius 2 is 2.13 bits per heavy atom. The number of anilines is 1. The van der Waals surface area contributed by atoms with E-state index in [1.807, 2.05) is 0 Å². The number of fused-ring (bicyclic) bond motifs is 1. The molecule has 0 amide bonds. The van der Waals surface area contributed by atoms with Gasteiger partial charge in [-0.05, 0) is 25.5 Å². The summed E-state index contributed by atoms with van der Waals surface area (Å²) >= 11 is 0. The van der Waals surface area contributed by atoms with E-state index in [0.717, 1.165) is 32.7 Å². The summed E-state index contributed by atoms with van der Waals surface area (Å²) in [5.74, 6) is 0.563. The fourth-order valence-corrected chi connectivity index (χ4v) is 3.58. The summed E-state index contributed by atoms with van der Waals surface area (Å²) in [4.78, 5) is 31.4. The Morgan fingerprint density at radius 1 is 1.35 bits per heavy atom. The van der Waals surface area contributed by atoms with Gasteiger partial charge in [-0.2, -0.15) is 0 Å². The summed E-state index contributed by atoms with van der Waals surface area (Å²) in [7, 11) is 1.74. The maximum absolute atomic E-state index is 12.7. The van der Waals surface area contributed by atoms with Gasteiger partial charge in [0.1, 0.15) is 0 Å². The molecule has 0 radical (unpaired) electrons. The van der Waals surface area contributed by atoms with E-state index in [0.29, 0.717) is 22.4 Å². The van der Waals surface area contributed by atoms with Crippen molar-refractivity contribution in [1.29, 1.82) is 0 Å². The van der Waals surface area contributed by atoms with Crippen molar-refractivity contribution >= 4 is 22.6 Å². The summed E-state index contributed by atoms with van der Waals surface area (Å²) in [6, 6.07) is 5.19. The van der Waals surface area contributed by atoms with E-state index in [9.17, 15) is 9.59 Å². The normalized spacial score (nSPS) is 19.3. The van der Waals surface area contributed by atoms with Crippen molar-refractivity contribution in [1.82, 2.24) is 9.55 Å². The van der Waals surface area contributed by atoms with Crippen molar-refractivity contribution in [3.8, 4) is 0 Å². The Bertz CT molecular complexity index is 867. The average molecular weight is 313 g/mol. The summed E-state index contributed by atoms with van der Waals surface area (Å²) in [5.41, 5.74) is 1.11. The predicted octanol–water partition coefficient (Wildman–Crippen LogP) is 1.36. The topological polar surface area (TPSA) is 64.4 Å². The Balaban J connectivity index is 1.87. The monoisotopic (exact) mass is 313 g/mol. The number of aromatic nitrogens is 2. The van der Waals surface area contributed by atoms with Gasteiger partial charge < -0.3 is 9.64 Å². The van der Waals surface area contributed by atoms with Crippen LogP contribution in [0.15, 0.2) is 23.0 Å². The lowest BCUT2D eigenvalue weighted by Crippen LogP contribution is -2.45. The van der Waals surface area contributed by atoms with E-state index in [1.54, 1.807) is 29.8 Å². The summed E-state index contributed by atoms with van der Waals surface area (Å²) in [5, 5.41) is 0.491. The number of ether oxygens (including phenoxy) is 1. The molecular formula is C17H19N3O3. The lowest BCUT2D eigenvalue weighted by molar-refractivity contribution is -0.0985. The number of benzene rings is 1. The summed E-state index contributed by atoms with van der Waals surface area (Å²) in [6.45, 7) is 4.77. The SMILES string of the molecule is CC(=O)c1cccc2c(=O)n(C)c(N3CCC4(COC4)C3)nc12. The molecule has 0 saturated carbocycles. The molecule has 6 heteroatoms. The highest BCUT2D eigenvalue weighted by Crippen LogP contribution is 2.38. The fraction of sp³-hybridized carbons (Fsp3) is 0.471. The second-order valence-corrected chi connectivity index (χ2v) is 6.70. The van der Waals surface area contributed by atoms with Gasteiger partial charge in [-0.1, -0.05) is 6.07 Å². The van der Waals surface area contributed by atoms with Gasteiger partial charge in [0.25, 0.3) is 5.56 Å². The minimum atomic E-state index is -0.112. The predicted molar refractivity (Wildman–Crippen MR) is 87.1 cm³/mol. The van der Waals surface area contributed by atoms with Crippen LogP contribution in [-0.4, -0.2) is 41.6 Å². The third-order valence-electron chi connectivity index (χ3n) is 5.00. The van der Waals surface area contributed by atoms with Crippen LogP contribution in [0.25, 0.3) is 10.9 Å². The first kappa shape index (κ1) is 14.4. The number of hydrogen-bond donors (Lipinski definition) is 0. The number of ketones is 1. The maximum Gasteiger partial charge on any atom is 0.262 e. The van der Waals surface area contributed by atoms with Crippen molar-refractivity contribution < 1.29 is 9.53 Å². The van der Waals surface area contributed by atoms with Gasteiger partial charge in [0, 0.05) is 31.1 Å². The molecule has 1 aromatic heterocycles. The molecule has 2 aliphatic rings. The lowest BCUT2D eigenvalue weighted by Gasteiger charge is -2.37. The molecule has 2 saturated heterocycles. The standard InChI is InChI=1S/C17H19N3O3/c1-11(21)12-4-3-5-13-14(12)18-16(19(2)15(13)22)20-7-6-17(8-20)9-23-10-17/h3-5H,6-10H2,1-2H3. The van der Waals surface area contributed by atoms with E-state index < -0.39 is 0 Å². The Labute approximate surface area is 133 Å². The largest absolute Gasteiger partial charge is 0.380 e. The first-order valence-electron chi connectivity index (χ1n) is 7.84. The quantitative estimate of drug-likeness (QED) is 0.783. The minimum absolute atomic E-state index is 0.0763. The van der Waals surface area contributed by atoms with Gasteiger partial charge >= 0.3 is 0 Å². The molecule has 0 unspecified atom stereocenters.